The summed E-state index contributed by atoms with van der Waals surface area (Å²) in [4.78, 5) is 12.2. The average molecular weight is 329 g/mol. The van der Waals surface area contributed by atoms with Gasteiger partial charge < -0.3 is 14.8 Å². The molecular weight excluding hydrogens is 309 g/mol. The molecule has 4 nitrogen and oxygen atoms in total. The monoisotopic (exact) mass is 329 g/mol. The van der Waals surface area contributed by atoms with Crippen LogP contribution in [0.25, 0.3) is 0 Å². The molecule has 24 heavy (non-hydrogen) atoms. The summed E-state index contributed by atoms with van der Waals surface area (Å²) >= 11 is 0. The number of rotatable bonds is 4. The fourth-order valence-electron chi connectivity index (χ4n) is 3.17. The summed E-state index contributed by atoms with van der Waals surface area (Å²) < 4.78 is 23.7. The van der Waals surface area contributed by atoms with Crippen LogP contribution in [0.15, 0.2) is 42.5 Å². The second kappa shape index (κ2) is 6.91. The van der Waals surface area contributed by atoms with Gasteiger partial charge in [-0.1, -0.05) is 18.2 Å². The SMILES string of the molecule is COc1ccc([C@@H]2CNC(=O)[C@@H](c3ccc(F)cc3)C2)cc1OC. The minimum atomic E-state index is -0.300. The highest BCUT2D eigenvalue weighted by atomic mass is 19.1. The van der Waals surface area contributed by atoms with E-state index in [0.717, 1.165) is 11.1 Å². The fourth-order valence-corrected chi connectivity index (χ4v) is 3.17. The summed E-state index contributed by atoms with van der Waals surface area (Å²) in [5.41, 5.74) is 1.92. The van der Waals surface area contributed by atoms with Crippen LogP contribution in [0, 0.1) is 5.82 Å². The Morgan fingerprint density at radius 1 is 1.00 bits per heavy atom. The van der Waals surface area contributed by atoms with Crippen LogP contribution in [0.4, 0.5) is 4.39 Å². The number of benzene rings is 2. The maximum atomic E-state index is 13.1. The van der Waals surface area contributed by atoms with Crippen molar-refractivity contribution in [3.63, 3.8) is 0 Å². The van der Waals surface area contributed by atoms with E-state index >= 15 is 0 Å². The van der Waals surface area contributed by atoms with Gasteiger partial charge in [0.05, 0.1) is 20.1 Å². The number of carbonyl (C=O) groups is 1. The van der Waals surface area contributed by atoms with Gasteiger partial charge in [-0.05, 0) is 41.8 Å². The summed E-state index contributed by atoms with van der Waals surface area (Å²) in [7, 11) is 3.20. The molecule has 3 rings (SSSR count). The van der Waals surface area contributed by atoms with Crippen molar-refractivity contribution in [1.82, 2.24) is 5.32 Å². The van der Waals surface area contributed by atoms with Gasteiger partial charge in [0, 0.05) is 12.5 Å². The van der Waals surface area contributed by atoms with Crippen molar-refractivity contribution in [1.29, 1.82) is 0 Å². The zero-order chi connectivity index (χ0) is 17.1. The third-order valence-electron chi connectivity index (χ3n) is 4.51. The highest BCUT2D eigenvalue weighted by molar-refractivity contribution is 5.84. The van der Waals surface area contributed by atoms with Gasteiger partial charge in [0.25, 0.3) is 0 Å². The zero-order valence-corrected chi connectivity index (χ0v) is 13.7. The quantitative estimate of drug-likeness (QED) is 0.937. The topological polar surface area (TPSA) is 47.6 Å². The number of piperidine rings is 1. The van der Waals surface area contributed by atoms with E-state index in [-0.39, 0.29) is 23.6 Å². The molecule has 1 heterocycles. The first kappa shape index (κ1) is 16.3. The van der Waals surface area contributed by atoms with Crippen molar-refractivity contribution in [3.8, 4) is 11.5 Å². The molecule has 2 aromatic carbocycles. The normalized spacial score (nSPS) is 20.4. The van der Waals surface area contributed by atoms with Gasteiger partial charge in [-0.25, -0.2) is 4.39 Å². The predicted molar refractivity (Wildman–Crippen MR) is 89.1 cm³/mol. The van der Waals surface area contributed by atoms with Crippen molar-refractivity contribution in [2.24, 2.45) is 0 Å². The number of ether oxygens (including phenoxy) is 2. The van der Waals surface area contributed by atoms with Gasteiger partial charge in [0.1, 0.15) is 5.82 Å². The Hall–Kier alpha value is -2.56. The maximum Gasteiger partial charge on any atom is 0.227 e. The van der Waals surface area contributed by atoms with E-state index in [1.807, 2.05) is 18.2 Å². The molecule has 0 saturated carbocycles. The van der Waals surface area contributed by atoms with Crippen LogP contribution in [0.1, 0.15) is 29.4 Å². The number of nitrogens with one attached hydrogen (secondary N) is 1. The molecular formula is C19H20FNO3. The summed E-state index contributed by atoms with van der Waals surface area (Å²) in [6.07, 6.45) is 0.674. The Morgan fingerprint density at radius 3 is 2.33 bits per heavy atom. The molecule has 0 unspecified atom stereocenters. The van der Waals surface area contributed by atoms with E-state index < -0.39 is 0 Å². The molecule has 1 amide bonds. The lowest BCUT2D eigenvalue weighted by atomic mass is 9.81. The molecule has 1 saturated heterocycles. The third-order valence-corrected chi connectivity index (χ3v) is 4.51. The average Bonchev–Trinajstić information content (AvgIpc) is 2.62. The standard InChI is InChI=1S/C19H20FNO3/c1-23-17-8-5-13(10-18(17)24-2)14-9-16(19(22)21-11-14)12-3-6-15(20)7-4-12/h3-8,10,14,16H,9,11H2,1-2H3,(H,21,22)/t14-,16+/m0/s1. The lowest BCUT2D eigenvalue weighted by Crippen LogP contribution is -2.39. The Bertz CT molecular complexity index is 730. The molecule has 5 heteroatoms. The Labute approximate surface area is 140 Å². The summed E-state index contributed by atoms with van der Waals surface area (Å²) in [5, 5.41) is 2.96. The minimum absolute atomic E-state index is 0.0154. The lowest BCUT2D eigenvalue weighted by Gasteiger charge is -2.30. The number of halogens is 1. The van der Waals surface area contributed by atoms with Crippen LogP contribution in [0.2, 0.25) is 0 Å². The van der Waals surface area contributed by atoms with Gasteiger partial charge in [-0.15, -0.1) is 0 Å². The number of amides is 1. The molecule has 2 aromatic rings. The molecule has 1 N–H and O–H groups in total. The van der Waals surface area contributed by atoms with Crippen molar-refractivity contribution < 1.29 is 18.7 Å². The van der Waals surface area contributed by atoms with E-state index in [4.69, 9.17) is 9.47 Å². The van der Waals surface area contributed by atoms with Crippen molar-refractivity contribution >= 4 is 5.91 Å². The van der Waals surface area contributed by atoms with Crippen LogP contribution in [-0.2, 0) is 4.79 Å². The Morgan fingerprint density at radius 2 is 1.67 bits per heavy atom. The van der Waals surface area contributed by atoms with E-state index in [1.54, 1.807) is 26.4 Å². The molecule has 0 aliphatic carbocycles. The molecule has 1 fully saturated rings. The van der Waals surface area contributed by atoms with E-state index in [0.29, 0.717) is 24.5 Å². The molecule has 0 spiro atoms. The fraction of sp³-hybridized carbons (Fsp3) is 0.316. The van der Waals surface area contributed by atoms with E-state index in [1.165, 1.54) is 12.1 Å². The molecule has 126 valence electrons. The van der Waals surface area contributed by atoms with Gasteiger partial charge in [-0.2, -0.15) is 0 Å². The first-order chi connectivity index (χ1) is 11.6. The summed E-state index contributed by atoms with van der Waals surface area (Å²) in [6.45, 7) is 0.575. The van der Waals surface area contributed by atoms with Crippen molar-refractivity contribution in [2.75, 3.05) is 20.8 Å². The van der Waals surface area contributed by atoms with Crippen LogP contribution in [0.3, 0.4) is 0 Å². The Kier molecular flexibility index (Phi) is 4.69. The second-order valence-corrected chi connectivity index (χ2v) is 5.90. The van der Waals surface area contributed by atoms with Crippen molar-refractivity contribution in [2.45, 2.75) is 18.3 Å². The first-order valence-electron chi connectivity index (χ1n) is 7.87. The van der Waals surface area contributed by atoms with Crippen LogP contribution >= 0.6 is 0 Å². The van der Waals surface area contributed by atoms with Gasteiger partial charge in [0.2, 0.25) is 5.91 Å². The van der Waals surface area contributed by atoms with Gasteiger partial charge >= 0.3 is 0 Å². The van der Waals surface area contributed by atoms with Crippen LogP contribution in [-0.4, -0.2) is 26.7 Å². The van der Waals surface area contributed by atoms with Gasteiger partial charge in [0.15, 0.2) is 11.5 Å². The summed E-state index contributed by atoms with van der Waals surface area (Å²) in [6, 6.07) is 11.9. The Balaban J connectivity index is 1.85. The molecule has 0 bridgehead atoms. The lowest BCUT2D eigenvalue weighted by molar-refractivity contribution is -0.124. The molecule has 0 aromatic heterocycles. The maximum absolute atomic E-state index is 13.1. The zero-order valence-electron chi connectivity index (χ0n) is 13.7. The van der Waals surface area contributed by atoms with Crippen LogP contribution in [0.5, 0.6) is 11.5 Å². The largest absolute Gasteiger partial charge is 0.493 e. The van der Waals surface area contributed by atoms with E-state index in [9.17, 15) is 9.18 Å². The van der Waals surface area contributed by atoms with E-state index in [2.05, 4.69) is 5.32 Å². The predicted octanol–water partition coefficient (Wildman–Crippen LogP) is 3.23. The molecule has 2 atom stereocenters. The molecule has 1 aliphatic rings. The van der Waals surface area contributed by atoms with Gasteiger partial charge in [-0.3, -0.25) is 4.79 Å². The van der Waals surface area contributed by atoms with Crippen LogP contribution < -0.4 is 14.8 Å². The first-order valence-corrected chi connectivity index (χ1v) is 7.87. The highest BCUT2D eigenvalue weighted by Gasteiger charge is 2.31. The third kappa shape index (κ3) is 3.20. The second-order valence-electron chi connectivity index (χ2n) is 5.90. The number of hydrogen-bond acceptors (Lipinski definition) is 3. The number of methoxy groups -OCH3 is 2. The minimum Gasteiger partial charge on any atom is -0.493 e. The number of hydrogen-bond donors (Lipinski definition) is 1. The molecule has 1 aliphatic heterocycles. The molecule has 0 radical (unpaired) electrons. The summed E-state index contributed by atoms with van der Waals surface area (Å²) in [5.74, 6) is 0.918. The highest BCUT2D eigenvalue weighted by Crippen LogP contribution is 2.36. The number of carbonyl (C=O) groups excluding carboxylic acids is 1. The van der Waals surface area contributed by atoms with Crippen molar-refractivity contribution in [3.05, 3.63) is 59.4 Å². The smallest absolute Gasteiger partial charge is 0.227 e.